The zero-order chi connectivity index (χ0) is 100. The van der Waals surface area contributed by atoms with E-state index < -0.39 is 152 Å². The molecule has 15 N–H and O–H groups in total. The number of piperazine rings is 2. The molecule has 45 nitrogen and oxygen atoms in total. The Morgan fingerprint density at radius 3 is 1.28 bits per heavy atom. The van der Waals surface area contributed by atoms with Crippen molar-refractivity contribution >= 4 is 82.7 Å². The molecule has 6 aromatic rings. The van der Waals surface area contributed by atoms with Gasteiger partial charge >= 0.3 is 47.8 Å². The number of phenolic OH excluding ortho intramolecular Hbond substituents is 4. The number of nitrogens with one attached hydrogen (secondary N) is 3. The second kappa shape index (κ2) is 55.7. The summed E-state index contributed by atoms with van der Waals surface area (Å²) in [6, 6.07) is 16.6. The molecule has 0 unspecified atom stereocenters. The molecule has 0 spiro atoms. The number of rotatable bonds is 53. The fraction of sp³-hybridized carbons (Fsp3) is 0.548. The van der Waals surface area contributed by atoms with Crippen LogP contribution >= 0.6 is 0 Å². The number of hydrogen-bond acceptors (Lipinski definition) is 32. The average Bonchev–Trinajstić information content (AvgIpc) is 1.65. The maximum Gasteiger partial charge on any atom is 0.320 e. The summed E-state index contributed by atoms with van der Waals surface area (Å²) >= 11 is 0. The molecular formula is C93H127LuN17O28. The molecule has 3 saturated heterocycles. The van der Waals surface area contributed by atoms with Crippen molar-refractivity contribution in [1.82, 2.24) is 84.7 Å². The standard InChI is InChI=1S/C93H127N17O28.Lu/c1-58(2)68-48-70(77(116)50-75(68)114)87-97-99-92(135)109(87)64-14-8-60(9-15-64)52-101-33-39-107(40-34-101)80(119)21-12-62(89(131)95-25-24-81(120)108-41-35-102(36-42-108)53-61-10-16-65(17-11-61)110-88(98-100-93(110)136)71-49-69(59(3)4)76(115)51-78(71)117)46-66(111)6-5-7-74(113)72(18-23-83(123)124)96-90(132)63(13-22-82(121)122)47-67(112)57-138-45-44-137-43-26-94-79(118)20-19-73(91(133)134)106-37-31-104(55-85(127)128)29-27-103(54-84(125)126)28-30-105(32-38-106)56-86(129)130;/h8-11,14-17,48-51,58-59,62-63,72-73,114-117H,5-7,12-13,18-47,52-57H2,1-4H3,(H,94,118)(H,95,131)(H,96,132)(H,99,135)(H,100,136)(H,121,122)(H,123,124)(H,125,126)(H,127,128)(H,129,130)(H,133,134);/t62-,63-,72+,73+;/m0./s1. The third-order valence-corrected chi connectivity index (χ3v) is 24.5. The quantitative estimate of drug-likeness (QED) is 0.0244. The fourth-order valence-corrected chi connectivity index (χ4v) is 16.8. The SMILES string of the molecule is CC(C)c1cc(-c2nnc(O)n2-c2ccc(CN3CCN(C(=O)CCNC(=O)[C@@H](CCC(=O)N4CCN(Cc5ccc(-n6c(O)nnc6-c6cc(C(C)C)c(O)cc6O)cc5)CC4)CC(=O)CCCC(=O)[C@@H](CCC(=O)O)NC(=O)[C@@H](CCC(=O)O)CC(=O)COCCOCCNC(=O)CC[C@H](C(=O)O)N4CCN(CC(=O)O)CCN(CC(=O)O)CCN(CC(=O)O)CC4)CC3)cc2)c(O)cc1O.[Lu]. The number of aromatic nitrogens is 6. The Morgan fingerprint density at radius 2 is 0.827 bits per heavy atom. The van der Waals surface area contributed by atoms with Crippen molar-refractivity contribution in [1.29, 1.82) is 0 Å². The number of benzene rings is 4. The van der Waals surface area contributed by atoms with E-state index in [0.29, 0.717) is 87.9 Å². The third-order valence-electron chi connectivity index (χ3n) is 24.5. The van der Waals surface area contributed by atoms with Crippen molar-refractivity contribution in [3.8, 4) is 69.2 Å². The number of carbonyl (C=O) groups excluding carboxylic acids is 8. The molecule has 0 aliphatic carbocycles. The largest absolute Gasteiger partial charge is 0.508 e. The normalized spacial score (nSPS) is 15.6. The Bertz CT molecular complexity index is 5170. The molecule has 1 radical (unpaired) electrons. The van der Waals surface area contributed by atoms with Gasteiger partial charge in [0.15, 0.2) is 23.2 Å². The molecule has 9 rings (SSSR count). The summed E-state index contributed by atoms with van der Waals surface area (Å²) in [5, 5.41) is 146. The van der Waals surface area contributed by atoms with Gasteiger partial charge in [-0.2, -0.15) is 0 Å². The Hall–Kier alpha value is -11.9. The van der Waals surface area contributed by atoms with Crippen LogP contribution in [0.5, 0.6) is 35.0 Å². The van der Waals surface area contributed by atoms with E-state index in [2.05, 4.69) is 46.1 Å². The molecule has 3 aliphatic rings. The van der Waals surface area contributed by atoms with Crippen molar-refractivity contribution in [2.75, 3.05) is 164 Å². The van der Waals surface area contributed by atoms with E-state index in [1.807, 2.05) is 52.0 Å². The number of carbonyl (C=O) groups is 14. The Balaban J connectivity index is 0.0000237. The first-order chi connectivity index (χ1) is 65.8. The second-order valence-corrected chi connectivity index (χ2v) is 35.3. The zero-order valence-electron chi connectivity index (χ0n) is 78.3. The minimum absolute atomic E-state index is 0. The molecule has 5 heterocycles. The van der Waals surface area contributed by atoms with E-state index in [9.17, 15) is 128 Å². The van der Waals surface area contributed by atoms with E-state index in [-0.39, 0.29) is 262 Å². The Morgan fingerprint density at radius 1 is 0.403 bits per heavy atom. The van der Waals surface area contributed by atoms with Crippen LogP contribution in [0.4, 0.5) is 0 Å². The number of amides is 5. The van der Waals surface area contributed by atoms with Crippen molar-refractivity contribution < 1.29 is 175 Å². The van der Waals surface area contributed by atoms with E-state index >= 15 is 0 Å². The van der Waals surface area contributed by atoms with Gasteiger partial charge in [-0.3, -0.25) is 96.5 Å². The van der Waals surface area contributed by atoms with Crippen molar-refractivity contribution in [2.45, 2.75) is 155 Å². The van der Waals surface area contributed by atoms with Crippen LogP contribution in [-0.4, -0.2) is 389 Å². The topological polar surface area (TPSA) is 624 Å². The van der Waals surface area contributed by atoms with Gasteiger partial charge in [-0.1, -0.05) is 62.2 Å². The molecule has 3 fully saturated rings. The maximum atomic E-state index is 14.3. The number of phenols is 4. The van der Waals surface area contributed by atoms with Crippen LogP contribution in [0.2, 0.25) is 0 Å². The summed E-state index contributed by atoms with van der Waals surface area (Å²) in [6.45, 7) is 10.2. The molecule has 139 heavy (non-hydrogen) atoms. The van der Waals surface area contributed by atoms with Crippen LogP contribution in [0, 0.1) is 48.7 Å². The number of carboxylic acids is 6. The summed E-state index contributed by atoms with van der Waals surface area (Å²) in [5.74, 6) is -14.8. The van der Waals surface area contributed by atoms with E-state index in [4.69, 9.17) is 9.47 Å². The Kier molecular flexibility index (Phi) is 45.1. The Labute approximate surface area is 831 Å². The molecule has 0 saturated carbocycles. The number of ether oxygens (including phenoxy) is 2. The number of aliphatic carboxylic acids is 6. The van der Waals surface area contributed by atoms with E-state index in [1.54, 1.807) is 51.1 Å². The summed E-state index contributed by atoms with van der Waals surface area (Å²) in [5.41, 5.74) is 4.43. The van der Waals surface area contributed by atoms with Crippen molar-refractivity contribution in [2.24, 2.45) is 11.8 Å². The van der Waals surface area contributed by atoms with Gasteiger partial charge in [0.1, 0.15) is 41.4 Å². The second-order valence-electron chi connectivity index (χ2n) is 35.3. The molecule has 767 valence electrons. The van der Waals surface area contributed by atoms with E-state index in [1.165, 1.54) is 36.0 Å². The van der Waals surface area contributed by atoms with Gasteiger partial charge < -0.3 is 96.5 Å². The number of aromatic hydroxyl groups is 6. The van der Waals surface area contributed by atoms with Gasteiger partial charge in [0.2, 0.25) is 29.5 Å². The number of nitrogens with zero attached hydrogens (tertiary/aromatic N) is 14. The number of ketones is 3. The summed E-state index contributed by atoms with van der Waals surface area (Å²) in [7, 11) is 0. The van der Waals surface area contributed by atoms with Crippen LogP contribution < -0.4 is 16.0 Å². The van der Waals surface area contributed by atoms with Gasteiger partial charge in [0, 0.05) is 250 Å². The van der Waals surface area contributed by atoms with Crippen LogP contribution in [0.1, 0.15) is 152 Å². The monoisotopic (exact) mass is 2100 g/mol. The molecule has 4 atom stereocenters. The first-order valence-corrected chi connectivity index (χ1v) is 46.2. The molecule has 0 bridgehead atoms. The molecule has 3 aliphatic heterocycles. The van der Waals surface area contributed by atoms with Crippen LogP contribution in [-0.2, 0) is 89.7 Å². The van der Waals surface area contributed by atoms with E-state index in [0.717, 1.165) is 11.1 Å². The minimum Gasteiger partial charge on any atom is -0.508 e. The predicted molar refractivity (Wildman–Crippen MR) is 492 cm³/mol. The van der Waals surface area contributed by atoms with Crippen LogP contribution in [0.25, 0.3) is 34.2 Å². The fourth-order valence-electron chi connectivity index (χ4n) is 16.8. The van der Waals surface area contributed by atoms with Gasteiger partial charge in [-0.15, -0.1) is 10.2 Å². The molecule has 4 aromatic carbocycles. The summed E-state index contributed by atoms with van der Waals surface area (Å²) in [4.78, 5) is 196. The first-order valence-electron chi connectivity index (χ1n) is 46.2. The molecule has 2 aromatic heterocycles. The number of carboxylic acid groups (broad SMARTS) is 6. The van der Waals surface area contributed by atoms with Gasteiger partial charge in [-0.25, -0.2) is 9.13 Å². The molecular weight excluding hydrogens is 1980 g/mol. The van der Waals surface area contributed by atoms with Crippen molar-refractivity contribution in [3.63, 3.8) is 0 Å². The number of hydrogen-bond donors (Lipinski definition) is 15. The van der Waals surface area contributed by atoms with Crippen molar-refractivity contribution in [3.05, 3.63) is 95.1 Å². The number of Topliss-reactive ketones (excluding diaryl/α,β-unsaturated/α-hetero) is 3. The third kappa shape index (κ3) is 35.7. The minimum atomic E-state index is -1.47. The molecule has 46 heteroatoms. The maximum absolute atomic E-state index is 14.3. The zero-order valence-corrected chi connectivity index (χ0v) is 80.0. The molecule has 5 amide bonds. The van der Waals surface area contributed by atoms with Gasteiger partial charge in [0.25, 0.3) is 0 Å². The average molecular weight is 2110 g/mol. The smallest absolute Gasteiger partial charge is 0.320 e. The van der Waals surface area contributed by atoms with Gasteiger partial charge in [-0.05, 0) is 103 Å². The van der Waals surface area contributed by atoms with Crippen LogP contribution in [0.3, 0.4) is 0 Å². The summed E-state index contributed by atoms with van der Waals surface area (Å²) < 4.78 is 13.8. The predicted octanol–water partition coefficient (Wildman–Crippen LogP) is 2.90. The first kappa shape index (κ1) is 112. The summed E-state index contributed by atoms with van der Waals surface area (Å²) in [6.07, 6.45) is -4.52. The van der Waals surface area contributed by atoms with Crippen LogP contribution in [0.15, 0.2) is 72.8 Å². The van der Waals surface area contributed by atoms with Gasteiger partial charge in [0.05, 0.1) is 68.0 Å².